The fourth-order valence-electron chi connectivity index (χ4n) is 1.94. The quantitative estimate of drug-likeness (QED) is 0.802. The number of alkyl halides is 3. The molecule has 6 heteroatoms. The van der Waals surface area contributed by atoms with Crippen molar-refractivity contribution in [2.75, 3.05) is 12.4 Å². The van der Waals surface area contributed by atoms with Crippen molar-refractivity contribution < 1.29 is 22.7 Å². The second-order valence-electron chi connectivity index (χ2n) is 4.89. The molecule has 21 heavy (non-hydrogen) atoms. The van der Waals surface area contributed by atoms with Crippen LogP contribution in [0.4, 0.5) is 18.9 Å². The number of halogens is 3. The third-order valence-electron chi connectivity index (χ3n) is 3.23. The van der Waals surface area contributed by atoms with Gasteiger partial charge in [0, 0.05) is 5.69 Å². The number of ether oxygens (including phenoxy) is 1. The predicted molar refractivity (Wildman–Crippen MR) is 75.1 cm³/mol. The molecule has 3 nitrogen and oxygen atoms in total. The van der Waals surface area contributed by atoms with Gasteiger partial charge in [-0.1, -0.05) is 25.8 Å². The summed E-state index contributed by atoms with van der Waals surface area (Å²) in [4.78, 5) is 11.7. The van der Waals surface area contributed by atoms with Gasteiger partial charge in [-0.2, -0.15) is 13.2 Å². The summed E-state index contributed by atoms with van der Waals surface area (Å²) in [5.74, 6) is -0.472. The highest BCUT2D eigenvalue weighted by molar-refractivity contribution is 5.79. The summed E-state index contributed by atoms with van der Waals surface area (Å²) in [5.41, 5.74) is 0.208. The predicted octanol–water partition coefficient (Wildman–Crippen LogP) is 4.16. The highest BCUT2D eigenvalue weighted by Crippen LogP contribution is 2.32. The van der Waals surface area contributed by atoms with Crippen LogP contribution in [-0.4, -0.2) is 19.1 Å². The van der Waals surface area contributed by atoms with Crippen molar-refractivity contribution in [3.05, 3.63) is 29.3 Å². The molecule has 0 heterocycles. The molecule has 0 radical (unpaired) electrons. The molecule has 0 aromatic heterocycles. The van der Waals surface area contributed by atoms with E-state index in [2.05, 4.69) is 5.32 Å². The van der Waals surface area contributed by atoms with Crippen LogP contribution in [0.2, 0.25) is 0 Å². The molecule has 0 spiro atoms. The molecule has 0 amide bonds. The van der Waals surface area contributed by atoms with Gasteiger partial charge in [0.15, 0.2) is 0 Å². The molecule has 0 bridgehead atoms. The molecule has 0 saturated heterocycles. The zero-order valence-electron chi connectivity index (χ0n) is 12.4. The van der Waals surface area contributed by atoms with Crippen molar-refractivity contribution in [2.45, 2.75) is 45.3 Å². The minimum Gasteiger partial charge on any atom is -0.467 e. The van der Waals surface area contributed by atoms with Crippen LogP contribution in [0, 0.1) is 6.92 Å². The van der Waals surface area contributed by atoms with Crippen molar-refractivity contribution in [1.29, 1.82) is 0 Å². The summed E-state index contributed by atoms with van der Waals surface area (Å²) in [6.45, 7) is 3.67. The van der Waals surface area contributed by atoms with Crippen molar-refractivity contribution in [3.63, 3.8) is 0 Å². The maximum atomic E-state index is 12.7. The van der Waals surface area contributed by atoms with Crippen LogP contribution in [0.25, 0.3) is 0 Å². The summed E-state index contributed by atoms with van der Waals surface area (Å²) in [5, 5.41) is 2.87. The Bertz CT molecular complexity index is 486. The summed E-state index contributed by atoms with van der Waals surface area (Å²) in [6.07, 6.45) is -2.23. The Morgan fingerprint density at radius 1 is 1.38 bits per heavy atom. The summed E-state index contributed by atoms with van der Waals surface area (Å²) in [7, 11) is 1.27. The average molecular weight is 303 g/mol. The number of unbranched alkanes of at least 4 members (excludes halogenated alkanes) is 1. The molecule has 1 N–H and O–H groups in total. The normalized spacial score (nSPS) is 12.9. The number of anilines is 1. The fourth-order valence-corrected chi connectivity index (χ4v) is 1.94. The molecule has 1 rings (SSSR count). The van der Waals surface area contributed by atoms with E-state index in [-0.39, 0.29) is 0 Å². The highest BCUT2D eigenvalue weighted by atomic mass is 19.4. The Kier molecular flexibility index (Phi) is 6.05. The minimum atomic E-state index is -4.41. The first-order chi connectivity index (χ1) is 9.79. The Morgan fingerprint density at radius 2 is 2.05 bits per heavy atom. The molecule has 0 aliphatic carbocycles. The van der Waals surface area contributed by atoms with E-state index in [4.69, 9.17) is 4.74 Å². The second-order valence-corrected chi connectivity index (χ2v) is 4.89. The Balaban J connectivity index is 2.99. The molecular formula is C15H20F3NO2. The van der Waals surface area contributed by atoms with E-state index >= 15 is 0 Å². The van der Waals surface area contributed by atoms with Crippen LogP contribution in [0.5, 0.6) is 0 Å². The monoisotopic (exact) mass is 303 g/mol. The number of carbonyl (C=O) groups excluding carboxylic acids is 1. The van der Waals surface area contributed by atoms with E-state index in [9.17, 15) is 18.0 Å². The second kappa shape index (κ2) is 7.33. The van der Waals surface area contributed by atoms with Crippen LogP contribution in [0.1, 0.15) is 37.3 Å². The van der Waals surface area contributed by atoms with Crippen molar-refractivity contribution in [2.24, 2.45) is 0 Å². The molecule has 1 atom stereocenters. The molecule has 118 valence electrons. The number of rotatable bonds is 6. The molecule has 1 unspecified atom stereocenters. The lowest BCUT2D eigenvalue weighted by atomic mass is 10.1. The number of nitrogens with one attached hydrogen (secondary N) is 1. The van der Waals surface area contributed by atoms with E-state index in [1.807, 2.05) is 6.92 Å². The van der Waals surface area contributed by atoms with Gasteiger partial charge >= 0.3 is 12.1 Å². The molecule has 1 aromatic carbocycles. The van der Waals surface area contributed by atoms with Crippen molar-refractivity contribution in [3.8, 4) is 0 Å². The first-order valence-electron chi connectivity index (χ1n) is 6.81. The zero-order chi connectivity index (χ0) is 16.0. The average Bonchev–Trinajstić information content (AvgIpc) is 2.43. The smallest absolute Gasteiger partial charge is 0.416 e. The Hall–Kier alpha value is -1.72. The largest absolute Gasteiger partial charge is 0.467 e. The van der Waals surface area contributed by atoms with E-state index in [0.29, 0.717) is 17.7 Å². The lowest BCUT2D eigenvalue weighted by Crippen LogP contribution is -2.31. The van der Waals surface area contributed by atoms with Crippen molar-refractivity contribution in [1.82, 2.24) is 0 Å². The lowest BCUT2D eigenvalue weighted by Gasteiger charge is -2.20. The van der Waals surface area contributed by atoms with Gasteiger partial charge in [0.2, 0.25) is 0 Å². The minimum absolute atomic E-state index is 0.302. The molecular weight excluding hydrogens is 283 g/mol. The Labute approximate surface area is 122 Å². The van der Waals surface area contributed by atoms with Crippen LogP contribution >= 0.6 is 0 Å². The van der Waals surface area contributed by atoms with Gasteiger partial charge in [-0.25, -0.2) is 4.79 Å². The highest BCUT2D eigenvalue weighted by Gasteiger charge is 2.31. The van der Waals surface area contributed by atoms with Crippen LogP contribution < -0.4 is 5.32 Å². The summed E-state index contributed by atoms with van der Waals surface area (Å²) >= 11 is 0. The fraction of sp³-hybridized carbons (Fsp3) is 0.533. The Morgan fingerprint density at radius 3 is 2.57 bits per heavy atom. The number of hydrogen-bond donors (Lipinski definition) is 1. The first kappa shape index (κ1) is 17.3. The van der Waals surface area contributed by atoms with Crippen molar-refractivity contribution >= 4 is 11.7 Å². The molecule has 0 aliphatic heterocycles. The van der Waals surface area contributed by atoms with E-state index in [0.717, 1.165) is 25.0 Å². The van der Waals surface area contributed by atoms with Crippen LogP contribution in [0.3, 0.4) is 0 Å². The zero-order valence-corrected chi connectivity index (χ0v) is 12.4. The van der Waals surface area contributed by atoms with Gasteiger partial charge in [0.1, 0.15) is 6.04 Å². The number of carbonyl (C=O) groups is 1. The summed E-state index contributed by atoms with van der Waals surface area (Å²) in [6, 6.07) is 2.80. The third-order valence-corrected chi connectivity index (χ3v) is 3.23. The van der Waals surface area contributed by atoms with E-state index < -0.39 is 23.8 Å². The number of hydrogen-bond acceptors (Lipinski definition) is 3. The van der Waals surface area contributed by atoms with E-state index in [1.165, 1.54) is 13.2 Å². The molecule has 0 saturated carbocycles. The van der Waals surface area contributed by atoms with Gasteiger partial charge in [-0.3, -0.25) is 0 Å². The maximum Gasteiger partial charge on any atom is 0.416 e. The molecule has 0 fully saturated rings. The van der Waals surface area contributed by atoms with Crippen LogP contribution in [0.15, 0.2) is 18.2 Å². The summed E-state index contributed by atoms with van der Waals surface area (Å²) < 4.78 is 42.9. The van der Waals surface area contributed by atoms with Gasteiger partial charge in [0.25, 0.3) is 0 Å². The number of aryl methyl sites for hydroxylation is 1. The number of methoxy groups -OCH3 is 1. The molecule has 1 aromatic rings. The van der Waals surface area contributed by atoms with Gasteiger partial charge < -0.3 is 10.1 Å². The number of benzene rings is 1. The maximum absolute atomic E-state index is 12.7. The number of esters is 1. The molecule has 0 aliphatic rings. The van der Waals surface area contributed by atoms with Gasteiger partial charge in [-0.05, 0) is 31.0 Å². The first-order valence-corrected chi connectivity index (χ1v) is 6.81. The van der Waals surface area contributed by atoms with Gasteiger partial charge in [-0.15, -0.1) is 0 Å². The third kappa shape index (κ3) is 4.95. The lowest BCUT2D eigenvalue weighted by molar-refractivity contribution is -0.141. The standard InChI is InChI=1S/C15H20F3NO2/c1-4-5-6-12(14(20)21-3)19-13-9-11(15(16,17)18)8-7-10(13)2/h7-9,12,19H,4-6H2,1-3H3. The van der Waals surface area contributed by atoms with Crippen LogP contribution in [-0.2, 0) is 15.7 Å². The SMILES string of the molecule is CCCCC(Nc1cc(C(F)(F)F)ccc1C)C(=O)OC. The van der Waals surface area contributed by atoms with E-state index in [1.54, 1.807) is 6.92 Å². The topological polar surface area (TPSA) is 38.3 Å². The van der Waals surface area contributed by atoms with Gasteiger partial charge in [0.05, 0.1) is 12.7 Å².